The molecule has 5 heteroatoms. The molecule has 1 N–H and O–H groups in total. The van der Waals surface area contributed by atoms with Crippen molar-refractivity contribution >= 4 is 12.4 Å². The van der Waals surface area contributed by atoms with E-state index in [4.69, 9.17) is 15.2 Å². The maximum Gasteiger partial charge on any atom is 0.116 e. The highest BCUT2D eigenvalue weighted by Crippen LogP contribution is 2.27. The third-order valence-electron chi connectivity index (χ3n) is 4.33. The zero-order valence-corrected chi connectivity index (χ0v) is 20.7. The van der Waals surface area contributed by atoms with E-state index in [-0.39, 0.29) is 0 Å². The SMILES string of the molecule is C/C(C#N)=C/c1ccn(C)n1.C=CO.CC=O.CCCCC(CCC)c1cccc(C)c1. The number of carbonyl (C=O) groups is 1. The summed E-state index contributed by atoms with van der Waals surface area (Å²) in [6.07, 6.45) is 11.8. The Morgan fingerprint density at radius 3 is 2.34 bits per heavy atom. The molecule has 2 rings (SSSR count). The van der Waals surface area contributed by atoms with Crippen LogP contribution in [0.3, 0.4) is 0 Å². The number of rotatable bonds is 7. The Labute approximate surface area is 195 Å². The van der Waals surface area contributed by atoms with Crippen LogP contribution in [0.2, 0.25) is 0 Å². The summed E-state index contributed by atoms with van der Waals surface area (Å²) in [4.78, 5) is 8.81. The van der Waals surface area contributed by atoms with E-state index in [1.165, 1.54) is 44.6 Å². The van der Waals surface area contributed by atoms with Crippen molar-refractivity contribution in [3.8, 4) is 6.07 Å². The summed E-state index contributed by atoms with van der Waals surface area (Å²) < 4.78 is 1.70. The average molecular weight is 440 g/mol. The summed E-state index contributed by atoms with van der Waals surface area (Å²) >= 11 is 0. The zero-order valence-electron chi connectivity index (χ0n) is 20.7. The number of nitrogens with zero attached hydrogens (tertiary/aromatic N) is 3. The molecule has 0 aliphatic rings. The minimum Gasteiger partial charge on any atom is -0.516 e. The number of unbranched alkanes of at least 4 members (excludes halogenated alkanes) is 1. The highest BCUT2D eigenvalue weighted by molar-refractivity contribution is 5.52. The number of carbonyl (C=O) groups excluding carboxylic acids is 1. The highest BCUT2D eigenvalue weighted by Gasteiger charge is 2.09. The number of hydrogen-bond acceptors (Lipinski definition) is 4. The van der Waals surface area contributed by atoms with Crippen molar-refractivity contribution in [2.24, 2.45) is 7.05 Å². The number of allylic oxidation sites excluding steroid dienone is 1. The third kappa shape index (κ3) is 16.6. The van der Waals surface area contributed by atoms with E-state index in [2.05, 4.69) is 56.7 Å². The molecule has 0 spiro atoms. The van der Waals surface area contributed by atoms with Gasteiger partial charge in [0.25, 0.3) is 0 Å². The minimum atomic E-state index is 0.670. The van der Waals surface area contributed by atoms with Crippen LogP contribution in [-0.4, -0.2) is 21.2 Å². The van der Waals surface area contributed by atoms with Crippen LogP contribution >= 0.6 is 0 Å². The molecule has 0 aliphatic heterocycles. The summed E-state index contributed by atoms with van der Waals surface area (Å²) in [5.74, 6) is 0.787. The second-order valence-electron chi connectivity index (χ2n) is 7.31. The van der Waals surface area contributed by atoms with Gasteiger partial charge in [-0.3, -0.25) is 4.68 Å². The van der Waals surface area contributed by atoms with Gasteiger partial charge in [-0.15, -0.1) is 0 Å². The summed E-state index contributed by atoms with van der Waals surface area (Å²) in [6.45, 7) is 12.9. The average Bonchev–Trinajstić information content (AvgIpc) is 3.17. The summed E-state index contributed by atoms with van der Waals surface area (Å²) in [6, 6.07) is 12.9. The van der Waals surface area contributed by atoms with Crippen molar-refractivity contribution in [1.29, 1.82) is 5.26 Å². The minimum absolute atomic E-state index is 0.670. The van der Waals surface area contributed by atoms with E-state index in [9.17, 15) is 0 Å². The van der Waals surface area contributed by atoms with Crippen LogP contribution in [0, 0.1) is 18.3 Å². The fourth-order valence-corrected chi connectivity index (χ4v) is 2.96. The molecule has 1 aromatic carbocycles. The Bertz CT molecular complexity index is 810. The van der Waals surface area contributed by atoms with Gasteiger partial charge in [0.2, 0.25) is 0 Å². The second kappa shape index (κ2) is 21.1. The standard InChI is InChI=1S/C15H24.C8H9N3.2C2H4O/c1-4-6-10-14(8-5-2)15-11-7-9-13(3)12-15;1-7(6-9)5-8-3-4-11(2)10-8;2*1-2-3/h7,9,11-12,14H,4-6,8,10H2,1-3H3;3-5H,1-2H3;2H,1H3;2-3H,1H2/b;7-5-;;. The largest absolute Gasteiger partial charge is 0.516 e. The van der Waals surface area contributed by atoms with Crippen LogP contribution < -0.4 is 0 Å². The van der Waals surface area contributed by atoms with Crippen molar-refractivity contribution in [1.82, 2.24) is 9.78 Å². The van der Waals surface area contributed by atoms with Crippen LogP contribution in [0.4, 0.5) is 0 Å². The molecule has 1 atom stereocenters. The first kappa shape index (κ1) is 31.1. The lowest BCUT2D eigenvalue weighted by Gasteiger charge is -2.16. The molecule has 2 aromatic rings. The molecular weight excluding hydrogens is 398 g/mol. The molecule has 0 radical (unpaired) electrons. The van der Waals surface area contributed by atoms with Crippen LogP contribution in [0.15, 0.2) is 54.9 Å². The first-order chi connectivity index (χ1) is 15.3. The van der Waals surface area contributed by atoms with Gasteiger partial charge >= 0.3 is 0 Å². The number of aliphatic hydroxyl groups excluding tert-OH is 1. The Kier molecular flexibility index (Phi) is 20.5. The molecule has 1 unspecified atom stereocenters. The molecule has 0 aliphatic carbocycles. The quantitative estimate of drug-likeness (QED) is 0.279. The fourth-order valence-electron chi connectivity index (χ4n) is 2.96. The molecule has 0 fully saturated rings. The topological polar surface area (TPSA) is 78.9 Å². The normalized spacial score (nSPS) is 10.6. The first-order valence-electron chi connectivity index (χ1n) is 11.1. The molecular formula is C27H41N3O2. The van der Waals surface area contributed by atoms with E-state index in [0.29, 0.717) is 5.57 Å². The van der Waals surface area contributed by atoms with Crippen LogP contribution in [0.1, 0.15) is 82.5 Å². The number of aliphatic hydroxyl groups is 1. The molecule has 32 heavy (non-hydrogen) atoms. The van der Waals surface area contributed by atoms with E-state index < -0.39 is 0 Å². The lowest BCUT2D eigenvalue weighted by Crippen LogP contribution is -1.99. The number of benzene rings is 1. The predicted octanol–water partition coefficient (Wildman–Crippen LogP) is 7.31. The van der Waals surface area contributed by atoms with Gasteiger partial charge < -0.3 is 9.90 Å². The molecule has 0 saturated carbocycles. The summed E-state index contributed by atoms with van der Waals surface area (Å²) in [5, 5.41) is 19.9. The Morgan fingerprint density at radius 2 is 1.91 bits per heavy atom. The van der Waals surface area contributed by atoms with Gasteiger partial charge in [0.1, 0.15) is 6.29 Å². The van der Waals surface area contributed by atoms with Crippen LogP contribution in [0.25, 0.3) is 6.08 Å². The van der Waals surface area contributed by atoms with E-state index in [1.54, 1.807) is 23.2 Å². The molecule has 1 aromatic heterocycles. The molecule has 5 nitrogen and oxygen atoms in total. The van der Waals surface area contributed by atoms with Gasteiger partial charge in [-0.1, -0.05) is 69.5 Å². The molecule has 0 bridgehead atoms. The smallest absolute Gasteiger partial charge is 0.116 e. The van der Waals surface area contributed by atoms with E-state index in [1.807, 2.05) is 25.4 Å². The third-order valence-corrected chi connectivity index (χ3v) is 4.33. The van der Waals surface area contributed by atoms with E-state index in [0.717, 1.165) is 24.2 Å². The zero-order chi connectivity index (χ0) is 24.8. The van der Waals surface area contributed by atoms with Crippen LogP contribution in [-0.2, 0) is 11.8 Å². The monoisotopic (exact) mass is 439 g/mol. The summed E-state index contributed by atoms with van der Waals surface area (Å²) in [7, 11) is 1.85. The lowest BCUT2D eigenvalue weighted by atomic mass is 9.89. The molecule has 0 saturated heterocycles. The summed E-state index contributed by atoms with van der Waals surface area (Å²) in [5.41, 5.74) is 4.44. The number of aromatic nitrogens is 2. The Hall–Kier alpha value is -3.13. The lowest BCUT2D eigenvalue weighted by molar-refractivity contribution is -0.106. The van der Waals surface area contributed by atoms with Crippen molar-refractivity contribution in [3.63, 3.8) is 0 Å². The van der Waals surface area contributed by atoms with Crippen molar-refractivity contribution < 1.29 is 9.90 Å². The molecule has 1 heterocycles. The van der Waals surface area contributed by atoms with Gasteiger partial charge in [-0.05, 0) is 57.2 Å². The van der Waals surface area contributed by atoms with Gasteiger partial charge in [0.05, 0.1) is 18.0 Å². The Balaban J connectivity index is 0. The van der Waals surface area contributed by atoms with Crippen LogP contribution in [0.5, 0.6) is 0 Å². The Morgan fingerprint density at radius 1 is 1.28 bits per heavy atom. The van der Waals surface area contributed by atoms with E-state index >= 15 is 0 Å². The maximum atomic E-state index is 8.81. The number of aryl methyl sites for hydroxylation is 2. The van der Waals surface area contributed by atoms with Crippen molar-refractivity contribution in [2.75, 3.05) is 0 Å². The second-order valence-corrected chi connectivity index (χ2v) is 7.31. The number of hydrogen-bond donors (Lipinski definition) is 1. The van der Waals surface area contributed by atoms with Gasteiger partial charge in [-0.2, -0.15) is 10.4 Å². The molecule has 176 valence electrons. The number of nitriles is 1. The van der Waals surface area contributed by atoms with Gasteiger partial charge in [-0.25, -0.2) is 0 Å². The molecule has 0 amide bonds. The van der Waals surface area contributed by atoms with Crippen molar-refractivity contribution in [3.05, 3.63) is 71.8 Å². The van der Waals surface area contributed by atoms with Gasteiger partial charge in [0.15, 0.2) is 0 Å². The highest BCUT2D eigenvalue weighted by atomic mass is 16.2. The predicted molar refractivity (Wildman–Crippen MR) is 135 cm³/mol. The van der Waals surface area contributed by atoms with Crippen molar-refractivity contribution in [2.45, 2.75) is 72.6 Å². The first-order valence-corrected chi connectivity index (χ1v) is 11.1. The fraction of sp³-hybridized carbons (Fsp3) is 0.444. The van der Waals surface area contributed by atoms with Gasteiger partial charge in [0, 0.05) is 18.8 Å². The number of aldehydes is 1. The maximum absolute atomic E-state index is 8.81.